The average Bonchev–Trinajstić information content (AvgIpc) is 2.18. The number of carboxylic acid groups (broad SMARTS) is 1. The van der Waals surface area contributed by atoms with Crippen LogP contribution in [0.25, 0.3) is 0 Å². The summed E-state index contributed by atoms with van der Waals surface area (Å²) in [5.74, 6) is -0.756. The molecule has 15 heavy (non-hydrogen) atoms. The Bertz CT molecular complexity index is 384. The molecule has 0 heterocycles. The number of ether oxygens (including phenoxy) is 1. The van der Waals surface area contributed by atoms with E-state index in [1.165, 1.54) is 6.92 Å². The van der Waals surface area contributed by atoms with Crippen LogP contribution in [0.2, 0.25) is 0 Å². The van der Waals surface area contributed by atoms with Gasteiger partial charge in [0.15, 0.2) is 12.4 Å². The lowest BCUT2D eigenvalue weighted by Crippen LogP contribution is -2.23. The number of hydrogen-bond acceptors (Lipinski definition) is 3. The number of rotatable bonds is 4. The van der Waals surface area contributed by atoms with Crippen LogP contribution < -0.4 is 4.74 Å². The van der Waals surface area contributed by atoms with Gasteiger partial charge in [0.25, 0.3) is 0 Å². The second-order valence-electron chi connectivity index (χ2n) is 3.26. The number of aryl methyl sites for hydroxylation is 1. The molecule has 0 fully saturated rings. The topological polar surface area (TPSA) is 63.6 Å². The summed E-state index contributed by atoms with van der Waals surface area (Å²) in [5.41, 5.74) is 1.27. The molecule has 0 aromatic heterocycles. The van der Waals surface area contributed by atoms with Crippen LogP contribution in [0.4, 0.5) is 0 Å². The van der Waals surface area contributed by atoms with Crippen LogP contribution in [-0.2, 0) is 4.79 Å². The molecule has 0 aliphatic heterocycles. The van der Waals surface area contributed by atoms with Crippen LogP contribution in [0, 0.1) is 6.92 Å². The first-order chi connectivity index (χ1) is 7.04. The van der Waals surface area contributed by atoms with Gasteiger partial charge in [-0.25, -0.2) is 4.79 Å². The van der Waals surface area contributed by atoms with Gasteiger partial charge in [-0.1, -0.05) is 6.07 Å². The Hall–Kier alpha value is -1.84. The van der Waals surface area contributed by atoms with Gasteiger partial charge in [0.05, 0.1) is 5.56 Å². The Balaban J connectivity index is 2.96. The molecule has 1 atom stereocenters. The summed E-state index contributed by atoms with van der Waals surface area (Å²) in [5, 5.41) is 8.66. The van der Waals surface area contributed by atoms with Crippen LogP contribution in [0.15, 0.2) is 18.2 Å². The van der Waals surface area contributed by atoms with E-state index in [1.54, 1.807) is 18.2 Å². The van der Waals surface area contributed by atoms with E-state index in [4.69, 9.17) is 9.84 Å². The molecule has 0 radical (unpaired) electrons. The lowest BCUT2D eigenvalue weighted by atomic mass is 10.1. The fraction of sp³-hybridized carbons (Fsp3) is 0.273. The molecule has 0 saturated heterocycles. The van der Waals surface area contributed by atoms with Gasteiger partial charge < -0.3 is 9.84 Å². The lowest BCUT2D eigenvalue weighted by molar-refractivity contribution is -0.144. The molecule has 1 aromatic rings. The molecule has 0 aliphatic carbocycles. The third kappa shape index (κ3) is 2.80. The molecule has 0 bridgehead atoms. The lowest BCUT2D eigenvalue weighted by Gasteiger charge is -2.12. The highest BCUT2D eigenvalue weighted by Crippen LogP contribution is 2.19. The van der Waals surface area contributed by atoms with E-state index in [9.17, 15) is 9.59 Å². The van der Waals surface area contributed by atoms with Crippen LogP contribution in [-0.4, -0.2) is 23.5 Å². The van der Waals surface area contributed by atoms with Crippen molar-refractivity contribution >= 4 is 12.3 Å². The quantitative estimate of drug-likeness (QED) is 0.764. The van der Waals surface area contributed by atoms with Crippen molar-refractivity contribution in [3.05, 3.63) is 29.3 Å². The summed E-state index contributed by atoms with van der Waals surface area (Å²) in [6.07, 6.45) is -0.325. The van der Waals surface area contributed by atoms with Crippen molar-refractivity contribution in [3.8, 4) is 5.75 Å². The molecule has 0 aliphatic rings. The Morgan fingerprint density at radius 3 is 2.73 bits per heavy atom. The maximum absolute atomic E-state index is 10.7. The van der Waals surface area contributed by atoms with Gasteiger partial charge in [0.1, 0.15) is 5.75 Å². The Morgan fingerprint density at radius 1 is 1.53 bits per heavy atom. The number of hydrogen-bond donors (Lipinski definition) is 1. The highest BCUT2D eigenvalue weighted by atomic mass is 16.5. The molecular weight excluding hydrogens is 196 g/mol. The minimum Gasteiger partial charge on any atom is -0.479 e. The Labute approximate surface area is 87.5 Å². The number of benzene rings is 1. The third-order valence-electron chi connectivity index (χ3n) is 1.95. The van der Waals surface area contributed by atoms with E-state index in [1.807, 2.05) is 6.92 Å². The Morgan fingerprint density at radius 2 is 2.20 bits per heavy atom. The van der Waals surface area contributed by atoms with Crippen molar-refractivity contribution < 1.29 is 19.4 Å². The predicted molar refractivity (Wildman–Crippen MR) is 54.3 cm³/mol. The molecule has 1 aromatic carbocycles. The van der Waals surface area contributed by atoms with E-state index in [0.29, 0.717) is 17.6 Å². The van der Waals surface area contributed by atoms with Gasteiger partial charge in [-0.2, -0.15) is 0 Å². The summed E-state index contributed by atoms with van der Waals surface area (Å²) in [6, 6.07) is 5.01. The molecule has 0 amide bonds. The first-order valence-corrected chi connectivity index (χ1v) is 4.50. The normalized spacial score (nSPS) is 11.9. The van der Waals surface area contributed by atoms with E-state index in [2.05, 4.69) is 0 Å². The molecule has 1 unspecified atom stereocenters. The van der Waals surface area contributed by atoms with Gasteiger partial charge in [-0.15, -0.1) is 0 Å². The average molecular weight is 208 g/mol. The highest BCUT2D eigenvalue weighted by Gasteiger charge is 2.14. The molecule has 1 N–H and O–H groups in total. The zero-order valence-corrected chi connectivity index (χ0v) is 8.56. The van der Waals surface area contributed by atoms with Crippen molar-refractivity contribution in [3.63, 3.8) is 0 Å². The van der Waals surface area contributed by atoms with Crippen LogP contribution >= 0.6 is 0 Å². The first-order valence-electron chi connectivity index (χ1n) is 4.50. The standard InChI is InChI=1S/C11H12O4/c1-7-3-4-9(6-12)10(5-7)15-8(2)11(13)14/h3-6,8H,1-2H3,(H,13,14). The van der Waals surface area contributed by atoms with Gasteiger partial charge in [-0.3, -0.25) is 4.79 Å². The zero-order chi connectivity index (χ0) is 11.4. The minimum absolute atomic E-state index is 0.305. The summed E-state index contributed by atoms with van der Waals surface area (Å²) in [6.45, 7) is 3.26. The van der Waals surface area contributed by atoms with E-state index in [-0.39, 0.29) is 0 Å². The third-order valence-corrected chi connectivity index (χ3v) is 1.95. The molecule has 4 nitrogen and oxygen atoms in total. The van der Waals surface area contributed by atoms with Gasteiger partial charge in [-0.05, 0) is 31.5 Å². The SMILES string of the molecule is Cc1ccc(C=O)c(OC(C)C(=O)O)c1. The van der Waals surface area contributed by atoms with Crippen molar-refractivity contribution in [1.29, 1.82) is 0 Å². The predicted octanol–water partition coefficient (Wildman–Crippen LogP) is 1.66. The fourth-order valence-electron chi connectivity index (χ4n) is 1.08. The van der Waals surface area contributed by atoms with E-state index < -0.39 is 12.1 Å². The van der Waals surface area contributed by atoms with Gasteiger partial charge in [0, 0.05) is 0 Å². The second kappa shape index (κ2) is 4.59. The monoisotopic (exact) mass is 208 g/mol. The van der Waals surface area contributed by atoms with Crippen molar-refractivity contribution in [2.45, 2.75) is 20.0 Å². The molecule has 80 valence electrons. The molecule has 0 saturated carbocycles. The molecule has 4 heteroatoms. The summed E-state index contributed by atoms with van der Waals surface area (Å²) >= 11 is 0. The summed E-state index contributed by atoms with van der Waals surface area (Å²) in [7, 11) is 0. The summed E-state index contributed by atoms with van der Waals surface area (Å²) < 4.78 is 5.15. The van der Waals surface area contributed by atoms with Crippen LogP contribution in [0.3, 0.4) is 0 Å². The number of carbonyl (C=O) groups excluding carboxylic acids is 1. The molecular formula is C11H12O4. The van der Waals surface area contributed by atoms with Crippen LogP contribution in [0.1, 0.15) is 22.8 Å². The number of carboxylic acids is 1. The zero-order valence-electron chi connectivity index (χ0n) is 8.56. The first kappa shape index (κ1) is 11.2. The van der Waals surface area contributed by atoms with Gasteiger partial charge in [0.2, 0.25) is 0 Å². The van der Waals surface area contributed by atoms with E-state index >= 15 is 0 Å². The number of aldehydes is 1. The maximum atomic E-state index is 10.7. The van der Waals surface area contributed by atoms with Crippen LogP contribution in [0.5, 0.6) is 5.75 Å². The van der Waals surface area contributed by atoms with Crippen molar-refractivity contribution in [2.24, 2.45) is 0 Å². The maximum Gasteiger partial charge on any atom is 0.344 e. The highest BCUT2D eigenvalue weighted by molar-refractivity contribution is 5.80. The smallest absolute Gasteiger partial charge is 0.344 e. The van der Waals surface area contributed by atoms with Crippen molar-refractivity contribution in [1.82, 2.24) is 0 Å². The number of aliphatic carboxylic acids is 1. The molecule has 0 spiro atoms. The molecule has 1 rings (SSSR count). The Kier molecular flexibility index (Phi) is 3.44. The van der Waals surface area contributed by atoms with E-state index in [0.717, 1.165) is 5.56 Å². The summed E-state index contributed by atoms with van der Waals surface area (Å²) in [4.78, 5) is 21.2. The second-order valence-corrected chi connectivity index (χ2v) is 3.26. The minimum atomic E-state index is -1.06. The van der Waals surface area contributed by atoms with Gasteiger partial charge >= 0.3 is 5.97 Å². The largest absolute Gasteiger partial charge is 0.479 e. The fourth-order valence-corrected chi connectivity index (χ4v) is 1.08. The van der Waals surface area contributed by atoms with Crippen molar-refractivity contribution in [2.75, 3.05) is 0 Å². The number of carbonyl (C=O) groups is 2.